The number of pyridine rings is 2. The van der Waals surface area contributed by atoms with Crippen LogP contribution >= 0.6 is 0 Å². The molecule has 6 nitrogen and oxygen atoms in total. The van der Waals surface area contributed by atoms with Gasteiger partial charge in [0.2, 0.25) is 0 Å². The van der Waals surface area contributed by atoms with Crippen LogP contribution in [0.1, 0.15) is 28.8 Å². The van der Waals surface area contributed by atoms with E-state index < -0.39 is 0 Å². The van der Waals surface area contributed by atoms with Crippen molar-refractivity contribution in [3.8, 4) is 17.0 Å². The second-order valence-electron chi connectivity index (χ2n) is 8.81. The normalized spacial score (nSPS) is 14.7. The summed E-state index contributed by atoms with van der Waals surface area (Å²) < 4.78 is 19.0. The summed E-state index contributed by atoms with van der Waals surface area (Å²) in [6.07, 6.45) is 5.14. The van der Waals surface area contributed by atoms with Crippen LogP contribution in [0.3, 0.4) is 0 Å². The average Bonchev–Trinajstić information content (AvgIpc) is 2.90. The third-order valence-electron chi connectivity index (χ3n) is 6.46. The SMILES string of the molecule is COc1ccc(CN2CCC(NC(=O)c3cc(-c4cccnc4)nc4ccccc34)CC2)cc1F. The molecule has 178 valence electrons. The second-order valence-corrected chi connectivity index (χ2v) is 8.81. The van der Waals surface area contributed by atoms with Crippen LogP contribution in [0.5, 0.6) is 5.75 Å². The molecule has 2 aromatic carbocycles. The van der Waals surface area contributed by atoms with E-state index in [1.165, 1.54) is 13.2 Å². The lowest BCUT2D eigenvalue weighted by Gasteiger charge is -2.32. The molecule has 1 saturated heterocycles. The Bertz CT molecular complexity index is 1340. The number of carbonyl (C=O) groups excluding carboxylic acids is 1. The molecule has 0 bridgehead atoms. The van der Waals surface area contributed by atoms with Gasteiger partial charge in [0.1, 0.15) is 0 Å². The molecule has 0 aliphatic carbocycles. The van der Waals surface area contributed by atoms with Crippen LogP contribution in [0, 0.1) is 5.82 Å². The van der Waals surface area contributed by atoms with Crippen molar-refractivity contribution in [2.75, 3.05) is 20.2 Å². The van der Waals surface area contributed by atoms with Crippen LogP contribution in [0.15, 0.2) is 73.1 Å². The molecular formula is C28H27FN4O2. The first-order chi connectivity index (χ1) is 17.1. The van der Waals surface area contributed by atoms with Crippen molar-refractivity contribution in [3.05, 3.63) is 90.0 Å². The Hall–Kier alpha value is -3.84. The number of ether oxygens (including phenoxy) is 1. The summed E-state index contributed by atoms with van der Waals surface area (Å²) in [6.45, 7) is 2.33. The minimum atomic E-state index is -0.345. The molecule has 1 aliphatic heterocycles. The number of hydrogen-bond donors (Lipinski definition) is 1. The number of likely N-dealkylation sites (tertiary alicyclic amines) is 1. The largest absolute Gasteiger partial charge is 0.494 e. The van der Waals surface area contributed by atoms with Crippen LogP contribution in [-0.2, 0) is 6.54 Å². The van der Waals surface area contributed by atoms with Gasteiger partial charge in [-0.1, -0.05) is 24.3 Å². The van der Waals surface area contributed by atoms with E-state index in [1.807, 2.05) is 48.5 Å². The lowest BCUT2D eigenvalue weighted by Crippen LogP contribution is -2.44. The Kier molecular flexibility index (Phi) is 6.68. The van der Waals surface area contributed by atoms with Crippen LogP contribution in [0.2, 0.25) is 0 Å². The highest BCUT2D eigenvalue weighted by molar-refractivity contribution is 6.07. The minimum Gasteiger partial charge on any atom is -0.494 e. The van der Waals surface area contributed by atoms with Crippen molar-refractivity contribution in [2.45, 2.75) is 25.4 Å². The van der Waals surface area contributed by atoms with Gasteiger partial charge < -0.3 is 10.1 Å². The summed E-state index contributed by atoms with van der Waals surface area (Å²) in [6, 6.07) is 18.5. The molecule has 2 aromatic heterocycles. The number of benzene rings is 2. The van der Waals surface area contributed by atoms with E-state index in [4.69, 9.17) is 9.72 Å². The van der Waals surface area contributed by atoms with E-state index in [-0.39, 0.29) is 23.5 Å². The number of para-hydroxylation sites is 1. The van der Waals surface area contributed by atoms with Crippen LogP contribution in [0.4, 0.5) is 4.39 Å². The summed E-state index contributed by atoms with van der Waals surface area (Å²) >= 11 is 0. The summed E-state index contributed by atoms with van der Waals surface area (Å²) in [5, 5.41) is 4.06. The number of aromatic nitrogens is 2. The molecule has 0 radical (unpaired) electrons. The predicted octanol–water partition coefficient (Wildman–Crippen LogP) is 4.84. The number of carbonyl (C=O) groups is 1. The van der Waals surface area contributed by atoms with Crippen LogP contribution in [-0.4, -0.2) is 47.0 Å². The number of nitrogens with zero attached hydrogens (tertiary/aromatic N) is 3. The average molecular weight is 471 g/mol. The first-order valence-corrected chi connectivity index (χ1v) is 11.8. The quantitative estimate of drug-likeness (QED) is 0.437. The van der Waals surface area contributed by atoms with Crippen molar-refractivity contribution < 1.29 is 13.9 Å². The molecular weight excluding hydrogens is 443 g/mol. The van der Waals surface area contributed by atoms with Gasteiger partial charge in [0.05, 0.1) is 23.9 Å². The van der Waals surface area contributed by atoms with E-state index >= 15 is 0 Å². The molecule has 35 heavy (non-hydrogen) atoms. The molecule has 0 spiro atoms. The monoisotopic (exact) mass is 470 g/mol. The smallest absolute Gasteiger partial charge is 0.252 e. The summed E-state index contributed by atoms with van der Waals surface area (Å²) in [7, 11) is 1.46. The van der Waals surface area contributed by atoms with Crippen molar-refractivity contribution in [1.82, 2.24) is 20.2 Å². The summed E-state index contributed by atoms with van der Waals surface area (Å²) in [5.74, 6) is -0.183. The molecule has 1 amide bonds. The number of halogens is 1. The van der Waals surface area contributed by atoms with E-state index in [1.54, 1.807) is 18.5 Å². The highest BCUT2D eigenvalue weighted by atomic mass is 19.1. The second kappa shape index (κ2) is 10.2. The predicted molar refractivity (Wildman–Crippen MR) is 134 cm³/mol. The third-order valence-corrected chi connectivity index (χ3v) is 6.46. The fraction of sp³-hybridized carbons (Fsp3) is 0.250. The molecule has 0 unspecified atom stereocenters. The van der Waals surface area contributed by atoms with Gasteiger partial charge in [-0.15, -0.1) is 0 Å². The van der Waals surface area contributed by atoms with Crippen molar-refractivity contribution in [1.29, 1.82) is 0 Å². The Morgan fingerprint density at radius 2 is 1.94 bits per heavy atom. The molecule has 0 atom stereocenters. The fourth-order valence-electron chi connectivity index (χ4n) is 4.59. The number of hydrogen-bond acceptors (Lipinski definition) is 5. The minimum absolute atomic E-state index is 0.0834. The molecule has 1 aliphatic rings. The lowest BCUT2D eigenvalue weighted by atomic mass is 10.0. The van der Waals surface area contributed by atoms with Gasteiger partial charge in [-0.2, -0.15) is 0 Å². The van der Waals surface area contributed by atoms with Crippen molar-refractivity contribution in [2.24, 2.45) is 0 Å². The van der Waals surface area contributed by atoms with E-state index in [0.29, 0.717) is 12.1 Å². The third kappa shape index (κ3) is 5.15. The van der Waals surface area contributed by atoms with Crippen molar-refractivity contribution in [3.63, 3.8) is 0 Å². The van der Waals surface area contributed by atoms with E-state index in [0.717, 1.165) is 53.7 Å². The van der Waals surface area contributed by atoms with Gasteiger partial charge in [0.25, 0.3) is 5.91 Å². The lowest BCUT2D eigenvalue weighted by molar-refractivity contribution is 0.0910. The first kappa shape index (κ1) is 22.9. The number of piperidine rings is 1. The van der Waals surface area contributed by atoms with Crippen LogP contribution < -0.4 is 10.1 Å². The maximum Gasteiger partial charge on any atom is 0.252 e. The van der Waals surface area contributed by atoms with Gasteiger partial charge in [0.15, 0.2) is 11.6 Å². The molecule has 3 heterocycles. The van der Waals surface area contributed by atoms with Gasteiger partial charge in [-0.05, 0) is 54.8 Å². The number of amides is 1. The number of fused-ring (bicyclic) bond motifs is 1. The fourth-order valence-corrected chi connectivity index (χ4v) is 4.59. The van der Waals surface area contributed by atoms with Crippen LogP contribution in [0.25, 0.3) is 22.2 Å². The van der Waals surface area contributed by atoms with Gasteiger partial charge in [-0.3, -0.25) is 14.7 Å². The molecule has 0 saturated carbocycles. The number of methoxy groups -OCH3 is 1. The Balaban J connectivity index is 1.27. The number of nitrogens with one attached hydrogen (secondary N) is 1. The maximum absolute atomic E-state index is 14.0. The van der Waals surface area contributed by atoms with E-state index in [2.05, 4.69) is 15.2 Å². The Morgan fingerprint density at radius 1 is 1.11 bits per heavy atom. The van der Waals surface area contributed by atoms with Gasteiger partial charge >= 0.3 is 0 Å². The van der Waals surface area contributed by atoms with Gasteiger partial charge in [-0.25, -0.2) is 9.37 Å². The topological polar surface area (TPSA) is 67.3 Å². The Morgan fingerprint density at radius 3 is 2.69 bits per heavy atom. The summed E-state index contributed by atoms with van der Waals surface area (Å²) in [4.78, 5) is 24.6. The highest BCUT2D eigenvalue weighted by Gasteiger charge is 2.23. The molecule has 1 fully saturated rings. The van der Waals surface area contributed by atoms with Crippen molar-refractivity contribution >= 4 is 16.8 Å². The standard InChI is InChI=1S/C28H27FN4O2/c1-35-27-9-8-19(15-24(27)29)18-33-13-10-21(11-14-33)31-28(34)23-16-26(20-5-4-12-30-17-20)32-25-7-3-2-6-22(23)25/h2-9,12,15-17,21H,10-11,13-14,18H2,1H3,(H,31,34). The molecule has 1 N–H and O–H groups in total. The molecule has 4 aromatic rings. The molecule has 5 rings (SSSR count). The zero-order valence-corrected chi connectivity index (χ0v) is 19.6. The summed E-state index contributed by atoms with van der Waals surface area (Å²) in [5.41, 5.74) is 3.90. The zero-order chi connectivity index (χ0) is 24.2. The van der Waals surface area contributed by atoms with E-state index in [9.17, 15) is 9.18 Å². The first-order valence-electron chi connectivity index (χ1n) is 11.8. The Labute approximate surface area is 203 Å². The zero-order valence-electron chi connectivity index (χ0n) is 19.6. The maximum atomic E-state index is 14.0. The number of rotatable bonds is 6. The highest BCUT2D eigenvalue weighted by Crippen LogP contribution is 2.25. The molecule has 7 heteroatoms. The van der Waals surface area contributed by atoms with Gasteiger partial charge in [0, 0.05) is 49.0 Å².